The van der Waals surface area contributed by atoms with Crippen LogP contribution < -0.4 is 4.74 Å². The van der Waals surface area contributed by atoms with Crippen LogP contribution in [0.2, 0.25) is 0 Å². The van der Waals surface area contributed by atoms with Gasteiger partial charge in [-0.1, -0.05) is 6.92 Å². The van der Waals surface area contributed by atoms with E-state index in [1.807, 2.05) is 11.5 Å². The highest BCUT2D eigenvalue weighted by atomic mass is 32.1. The maximum absolute atomic E-state index is 12.1. The summed E-state index contributed by atoms with van der Waals surface area (Å²) >= 11 is 5.14. The molecule has 7 heteroatoms. The second-order valence-corrected chi connectivity index (χ2v) is 4.29. The van der Waals surface area contributed by atoms with Crippen molar-refractivity contribution in [2.75, 3.05) is 0 Å². The van der Waals surface area contributed by atoms with E-state index in [2.05, 4.69) is 14.9 Å². The Hall–Kier alpha value is -1.76. The first-order chi connectivity index (χ1) is 9.11. The number of nitrogens with one attached hydrogen (secondary N) is 1. The average molecular weight is 285 g/mol. The summed E-state index contributed by atoms with van der Waals surface area (Å²) in [7, 11) is 0. The van der Waals surface area contributed by atoms with Gasteiger partial charge in [-0.2, -0.15) is 13.9 Å². The first-order valence-corrected chi connectivity index (χ1v) is 6.23. The number of hydrogen-bond donors (Lipinski definition) is 1. The fourth-order valence-electron chi connectivity index (χ4n) is 1.75. The van der Waals surface area contributed by atoms with E-state index in [4.69, 9.17) is 12.2 Å². The lowest BCUT2D eigenvalue weighted by Crippen LogP contribution is -2.02. The lowest BCUT2D eigenvalue weighted by Gasteiger charge is -2.07. The zero-order chi connectivity index (χ0) is 13.8. The van der Waals surface area contributed by atoms with Crippen molar-refractivity contribution < 1.29 is 13.5 Å². The topological polar surface area (TPSA) is 42.8 Å². The average Bonchev–Trinajstić information content (AvgIpc) is 2.72. The van der Waals surface area contributed by atoms with Gasteiger partial charge in [-0.05, 0) is 42.9 Å². The Labute approximate surface area is 114 Å². The summed E-state index contributed by atoms with van der Waals surface area (Å²) in [5, 5.41) is 6.88. The molecule has 0 saturated heterocycles. The van der Waals surface area contributed by atoms with Crippen LogP contribution in [0.15, 0.2) is 24.3 Å². The fraction of sp³-hybridized carbons (Fsp3) is 0.333. The summed E-state index contributed by atoms with van der Waals surface area (Å²) in [4.78, 5) is 0. The van der Waals surface area contributed by atoms with Crippen LogP contribution in [0.4, 0.5) is 8.78 Å². The number of H-pyrrole nitrogens is 1. The van der Waals surface area contributed by atoms with E-state index in [0.717, 1.165) is 18.5 Å². The van der Waals surface area contributed by atoms with Crippen molar-refractivity contribution in [1.29, 1.82) is 0 Å². The number of hydrogen-bond acceptors (Lipinski definition) is 3. The van der Waals surface area contributed by atoms with Crippen molar-refractivity contribution >= 4 is 12.2 Å². The van der Waals surface area contributed by atoms with Crippen LogP contribution in [0.3, 0.4) is 0 Å². The van der Waals surface area contributed by atoms with E-state index in [1.165, 1.54) is 12.1 Å². The van der Waals surface area contributed by atoms with Crippen molar-refractivity contribution in [2.45, 2.75) is 26.5 Å². The molecule has 0 aliphatic carbocycles. The highest BCUT2D eigenvalue weighted by molar-refractivity contribution is 7.71. The Kier molecular flexibility index (Phi) is 4.26. The molecule has 102 valence electrons. The van der Waals surface area contributed by atoms with Crippen LogP contribution in [0, 0.1) is 4.77 Å². The van der Waals surface area contributed by atoms with Crippen LogP contribution in [0.1, 0.15) is 13.3 Å². The minimum atomic E-state index is -2.82. The molecule has 1 aromatic carbocycles. The molecule has 0 spiro atoms. The summed E-state index contributed by atoms with van der Waals surface area (Å²) in [6.45, 7) is -0.0292. The molecular weight excluding hydrogens is 272 g/mol. The summed E-state index contributed by atoms with van der Waals surface area (Å²) in [5.41, 5.74) is 0.794. The molecule has 0 bridgehead atoms. The van der Waals surface area contributed by atoms with Gasteiger partial charge in [0.15, 0.2) is 10.6 Å². The number of rotatable bonds is 5. The molecule has 19 heavy (non-hydrogen) atoms. The number of ether oxygens (including phenoxy) is 1. The molecule has 2 aromatic rings. The predicted octanol–water partition coefficient (Wildman–Crippen LogP) is 3.62. The summed E-state index contributed by atoms with van der Waals surface area (Å²) in [6.07, 6.45) is 0.924. The van der Waals surface area contributed by atoms with Crippen molar-refractivity contribution in [3.63, 3.8) is 0 Å². The fourth-order valence-corrected chi connectivity index (χ4v) is 1.98. The van der Waals surface area contributed by atoms with E-state index < -0.39 is 6.61 Å². The van der Waals surface area contributed by atoms with Crippen LogP contribution in [0.5, 0.6) is 5.75 Å². The molecule has 0 saturated carbocycles. The summed E-state index contributed by atoms with van der Waals surface area (Å²) in [5.74, 6) is 0.811. The molecule has 0 aliphatic rings. The number of aromatic nitrogens is 3. The number of alkyl halides is 2. The van der Waals surface area contributed by atoms with Crippen LogP contribution >= 0.6 is 12.2 Å². The normalized spacial score (nSPS) is 10.9. The van der Waals surface area contributed by atoms with Crippen LogP contribution in [-0.2, 0) is 6.54 Å². The Bertz CT molecular complexity index is 592. The quantitative estimate of drug-likeness (QED) is 0.853. The third-order valence-electron chi connectivity index (χ3n) is 2.54. The predicted molar refractivity (Wildman–Crippen MR) is 69.8 cm³/mol. The Morgan fingerprint density at radius 1 is 1.37 bits per heavy atom. The van der Waals surface area contributed by atoms with Gasteiger partial charge in [0.2, 0.25) is 0 Å². The van der Waals surface area contributed by atoms with Gasteiger partial charge >= 0.3 is 6.61 Å². The molecule has 0 amide bonds. The highest BCUT2D eigenvalue weighted by Crippen LogP contribution is 2.22. The third-order valence-corrected chi connectivity index (χ3v) is 2.85. The maximum Gasteiger partial charge on any atom is 0.387 e. The number of nitrogens with zero attached hydrogens (tertiary/aromatic N) is 2. The molecule has 1 N–H and O–H groups in total. The molecule has 0 aliphatic heterocycles. The van der Waals surface area contributed by atoms with Gasteiger partial charge in [0.25, 0.3) is 0 Å². The zero-order valence-corrected chi connectivity index (χ0v) is 11.1. The second-order valence-electron chi connectivity index (χ2n) is 3.91. The van der Waals surface area contributed by atoms with E-state index in [1.54, 1.807) is 12.1 Å². The Morgan fingerprint density at radius 3 is 2.63 bits per heavy atom. The molecule has 0 fully saturated rings. The molecule has 1 heterocycles. The first kappa shape index (κ1) is 13.7. The van der Waals surface area contributed by atoms with E-state index >= 15 is 0 Å². The van der Waals surface area contributed by atoms with Crippen molar-refractivity contribution in [2.24, 2.45) is 0 Å². The van der Waals surface area contributed by atoms with Gasteiger partial charge in [-0.3, -0.25) is 5.10 Å². The Balaban J connectivity index is 2.29. The smallest absolute Gasteiger partial charge is 0.387 e. The number of aromatic amines is 1. The molecule has 4 nitrogen and oxygen atoms in total. The van der Waals surface area contributed by atoms with Gasteiger partial charge in [0.1, 0.15) is 5.75 Å². The standard InChI is InChI=1S/C12H13F2N3OS/c1-2-7-17-10(15-16-12(17)19)8-3-5-9(6-4-8)18-11(13)14/h3-6,11H,2,7H2,1H3,(H,16,19). The molecule has 1 aromatic heterocycles. The van der Waals surface area contributed by atoms with Crippen LogP contribution in [0.25, 0.3) is 11.4 Å². The summed E-state index contributed by atoms with van der Waals surface area (Å²) in [6, 6.07) is 6.31. The summed E-state index contributed by atoms with van der Waals surface area (Å²) < 4.78 is 30.8. The van der Waals surface area contributed by atoms with Gasteiger partial charge in [-0.25, -0.2) is 0 Å². The van der Waals surface area contributed by atoms with E-state index in [9.17, 15) is 8.78 Å². The molecule has 0 unspecified atom stereocenters. The largest absolute Gasteiger partial charge is 0.435 e. The van der Waals surface area contributed by atoms with Gasteiger partial charge in [-0.15, -0.1) is 0 Å². The van der Waals surface area contributed by atoms with Crippen molar-refractivity contribution in [1.82, 2.24) is 14.8 Å². The minimum absolute atomic E-state index is 0.120. The van der Waals surface area contributed by atoms with E-state index in [0.29, 0.717) is 10.6 Å². The zero-order valence-electron chi connectivity index (χ0n) is 10.3. The first-order valence-electron chi connectivity index (χ1n) is 5.82. The van der Waals surface area contributed by atoms with Crippen molar-refractivity contribution in [3.05, 3.63) is 29.0 Å². The molecular formula is C12H13F2N3OS. The number of halogens is 2. The molecule has 2 rings (SSSR count). The monoisotopic (exact) mass is 285 g/mol. The van der Waals surface area contributed by atoms with Crippen LogP contribution in [-0.4, -0.2) is 21.4 Å². The Morgan fingerprint density at radius 2 is 2.05 bits per heavy atom. The van der Waals surface area contributed by atoms with Gasteiger partial charge in [0.05, 0.1) is 0 Å². The second kappa shape index (κ2) is 5.92. The lowest BCUT2D eigenvalue weighted by atomic mass is 10.2. The molecule has 0 radical (unpaired) electrons. The van der Waals surface area contributed by atoms with E-state index in [-0.39, 0.29) is 5.75 Å². The molecule has 0 atom stereocenters. The maximum atomic E-state index is 12.1. The lowest BCUT2D eigenvalue weighted by molar-refractivity contribution is -0.0498. The SMILES string of the molecule is CCCn1c(-c2ccc(OC(F)F)cc2)n[nH]c1=S. The highest BCUT2D eigenvalue weighted by Gasteiger charge is 2.09. The van der Waals surface area contributed by atoms with Crippen molar-refractivity contribution in [3.8, 4) is 17.1 Å². The minimum Gasteiger partial charge on any atom is -0.435 e. The number of benzene rings is 1. The third kappa shape index (κ3) is 3.17. The van der Waals surface area contributed by atoms with Gasteiger partial charge < -0.3 is 9.30 Å². The van der Waals surface area contributed by atoms with Gasteiger partial charge in [0, 0.05) is 12.1 Å².